The number of hydrogen-bond acceptors (Lipinski definition) is 3. The molecule has 0 heterocycles. The van der Waals surface area contributed by atoms with Gasteiger partial charge in [0.05, 0.1) is 0 Å². The molecule has 2 amide bonds. The van der Waals surface area contributed by atoms with Gasteiger partial charge in [-0.1, -0.05) is 30.3 Å². The number of aliphatic carboxylic acids is 1. The molecule has 0 saturated heterocycles. The van der Waals surface area contributed by atoms with Gasteiger partial charge in [0.15, 0.2) is 6.04 Å². The molecule has 0 aromatic heterocycles. The SMILES string of the molecule is CC(=O)NC(C)C(=O)N[C@H](C(=O)O)c1ccccc1. The van der Waals surface area contributed by atoms with Gasteiger partial charge in [0.1, 0.15) is 6.04 Å². The second kappa shape index (κ2) is 6.53. The molecule has 1 aromatic rings. The number of hydrogen-bond donors (Lipinski definition) is 3. The maximum Gasteiger partial charge on any atom is 0.330 e. The molecule has 19 heavy (non-hydrogen) atoms. The van der Waals surface area contributed by atoms with Crippen molar-refractivity contribution in [3.05, 3.63) is 35.9 Å². The van der Waals surface area contributed by atoms with Crippen LogP contribution in [-0.2, 0) is 14.4 Å². The number of carbonyl (C=O) groups excluding carboxylic acids is 2. The minimum absolute atomic E-state index is 0.353. The predicted octanol–water partition coefficient (Wildman–Crippen LogP) is 0.453. The minimum Gasteiger partial charge on any atom is -0.479 e. The molecule has 1 aromatic carbocycles. The van der Waals surface area contributed by atoms with Crippen molar-refractivity contribution in [1.82, 2.24) is 10.6 Å². The molecule has 1 unspecified atom stereocenters. The lowest BCUT2D eigenvalue weighted by atomic mass is 10.1. The first kappa shape index (κ1) is 14.7. The summed E-state index contributed by atoms with van der Waals surface area (Å²) in [5, 5.41) is 13.9. The van der Waals surface area contributed by atoms with Crippen LogP contribution in [0, 0.1) is 0 Å². The van der Waals surface area contributed by atoms with Gasteiger partial charge < -0.3 is 15.7 Å². The Labute approximate surface area is 110 Å². The van der Waals surface area contributed by atoms with Crippen LogP contribution in [0.4, 0.5) is 0 Å². The van der Waals surface area contributed by atoms with Crippen molar-refractivity contribution in [3.8, 4) is 0 Å². The number of rotatable bonds is 5. The lowest BCUT2D eigenvalue weighted by Gasteiger charge is -2.18. The summed E-state index contributed by atoms with van der Waals surface area (Å²) in [6, 6.07) is 6.44. The van der Waals surface area contributed by atoms with E-state index in [4.69, 9.17) is 5.11 Å². The Kier molecular flexibility index (Phi) is 5.05. The molecule has 0 aliphatic heterocycles. The molecule has 1 rings (SSSR count). The van der Waals surface area contributed by atoms with Crippen molar-refractivity contribution in [1.29, 1.82) is 0 Å². The smallest absolute Gasteiger partial charge is 0.330 e. The van der Waals surface area contributed by atoms with Gasteiger partial charge >= 0.3 is 5.97 Å². The number of amides is 2. The molecule has 0 aliphatic carbocycles. The summed E-state index contributed by atoms with van der Waals surface area (Å²) in [6.45, 7) is 2.77. The number of nitrogens with one attached hydrogen (secondary N) is 2. The summed E-state index contributed by atoms with van der Waals surface area (Å²) >= 11 is 0. The summed E-state index contributed by atoms with van der Waals surface area (Å²) in [5.74, 6) is -2.06. The number of benzene rings is 1. The third kappa shape index (κ3) is 4.42. The van der Waals surface area contributed by atoms with Crippen LogP contribution in [0.15, 0.2) is 30.3 Å². The molecule has 0 radical (unpaired) electrons. The Hall–Kier alpha value is -2.37. The average Bonchev–Trinajstić information content (AvgIpc) is 2.35. The van der Waals surface area contributed by atoms with Crippen LogP contribution < -0.4 is 10.6 Å². The van der Waals surface area contributed by atoms with Gasteiger partial charge in [-0.2, -0.15) is 0 Å². The maximum absolute atomic E-state index is 11.8. The van der Waals surface area contributed by atoms with Crippen LogP contribution in [0.1, 0.15) is 25.5 Å². The molecule has 0 saturated carbocycles. The van der Waals surface area contributed by atoms with Crippen molar-refractivity contribution in [2.24, 2.45) is 0 Å². The van der Waals surface area contributed by atoms with Gasteiger partial charge in [-0.25, -0.2) is 4.79 Å². The third-order valence-corrected chi connectivity index (χ3v) is 2.48. The fourth-order valence-electron chi connectivity index (χ4n) is 1.57. The van der Waals surface area contributed by atoms with Crippen LogP contribution in [0.5, 0.6) is 0 Å². The summed E-state index contributed by atoms with van der Waals surface area (Å²) in [5.41, 5.74) is 0.471. The van der Waals surface area contributed by atoms with Gasteiger partial charge in [-0.05, 0) is 12.5 Å². The molecule has 102 valence electrons. The van der Waals surface area contributed by atoms with Gasteiger partial charge in [0, 0.05) is 6.92 Å². The Bertz CT molecular complexity index is 473. The average molecular weight is 264 g/mol. The second-order valence-corrected chi connectivity index (χ2v) is 4.11. The van der Waals surface area contributed by atoms with E-state index in [1.165, 1.54) is 13.8 Å². The Balaban J connectivity index is 2.78. The van der Waals surface area contributed by atoms with Crippen molar-refractivity contribution >= 4 is 17.8 Å². The molecule has 6 heteroatoms. The van der Waals surface area contributed by atoms with Gasteiger partial charge in [0.25, 0.3) is 0 Å². The molecular weight excluding hydrogens is 248 g/mol. The molecular formula is C13H16N2O4. The maximum atomic E-state index is 11.8. The first-order valence-corrected chi connectivity index (χ1v) is 5.77. The Morgan fingerprint density at radius 3 is 2.16 bits per heavy atom. The Morgan fingerprint density at radius 1 is 1.11 bits per heavy atom. The fraction of sp³-hybridized carbons (Fsp3) is 0.308. The topological polar surface area (TPSA) is 95.5 Å². The molecule has 2 atom stereocenters. The van der Waals surface area contributed by atoms with Crippen LogP contribution in [0.25, 0.3) is 0 Å². The summed E-state index contributed by atoms with van der Waals surface area (Å²) in [7, 11) is 0. The number of carboxylic acids is 1. The first-order valence-electron chi connectivity index (χ1n) is 5.77. The van der Waals surface area contributed by atoms with Crippen LogP contribution in [0.2, 0.25) is 0 Å². The van der Waals surface area contributed by atoms with Crippen LogP contribution in [0.3, 0.4) is 0 Å². The van der Waals surface area contributed by atoms with Gasteiger partial charge in [-0.3, -0.25) is 9.59 Å². The lowest BCUT2D eigenvalue weighted by Crippen LogP contribution is -2.46. The van der Waals surface area contributed by atoms with E-state index in [-0.39, 0.29) is 5.91 Å². The van der Waals surface area contributed by atoms with Gasteiger partial charge in [0.2, 0.25) is 11.8 Å². The monoisotopic (exact) mass is 264 g/mol. The van der Waals surface area contributed by atoms with Crippen molar-refractivity contribution in [2.75, 3.05) is 0 Å². The highest BCUT2D eigenvalue weighted by Crippen LogP contribution is 2.12. The van der Waals surface area contributed by atoms with Crippen LogP contribution in [-0.4, -0.2) is 28.9 Å². The first-order chi connectivity index (χ1) is 8.91. The van der Waals surface area contributed by atoms with Crippen LogP contribution >= 0.6 is 0 Å². The summed E-state index contributed by atoms with van der Waals surface area (Å²) < 4.78 is 0. The summed E-state index contributed by atoms with van der Waals surface area (Å²) in [4.78, 5) is 33.8. The highest BCUT2D eigenvalue weighted by atomic mass is 16.4. The van der Waals surface area contributed by atoms with Crippen molar-refractivity contribution in [3.63, 3.8) is 0 Å². The second-order valence-electron chi connectivity index (χ2n) is 4.11. The Morgan fingerprint density at radius 2 is 1.68 bits per heavy atom. The zero-order valence-corrected chi connectivity index (χ0v) is 10.7. The van der Waals surface area contributed by atoms with E-state index in [0.717, 1.165) is 0 Å². The van der Waals surface area contributed by atoms with E-state index >= 15 is 0 Å². The molecule has 0 bridgehead atoms. The molecule has 6 nitrogen and oxygen atoms in total. The third-order valence-electron chi connectivity index (χ3n) is 2.48. The van der Waals surface area contributed by atoms with Gasteiger partial charge in [-0.15, -0.1) is 0 Å². The standard InChI is InChI=1S/C13H16N2O4/c1-8(14-9(2)16)12(17)15-11(13(18)19)10-6-4-3-5-7-10/h3-8,11H,1-2H3,(H,14,16)(H,15,17)(H,18,19)/t8?,11-/m0/s1. The quantitative estimate of drug-likeness (QED) is 0.719. The van der Waals surface area contributed by atoms with E-state index in [9.17, 15) is 14.4 Å². The van der Waals surface area contributed by atoms with E-state index < -0.39 is 24.0 Å². The molecule has 0 aliphatic rings. The lowest BCUT2D eigenvalue weighted by molar-refractivity contribution is -0.142. The molecule has 3 N–H and O–H groups in total. The molecule has 0 spiro atoms. The zero-order chi connectivity index (χ0) is 14.4. The van der Waals surface area contributed by atoms with E-state index in [1.807, 2.05) is 0 Å². The highest BCUT2D eigenvalue weighted by molar-refractivity contribution is 5.90. The summed E-state index contributed by atoms with van der Waals surface area (Å²) in [6.07, 6.45) is 0. The normalized spacial score (nSPS) is 13.2. The number of carboxylic acid groups (broad SMARTS) is 1. The number of carbonyl (C=O) groups is 3. The van der Waals surface area contributed by atoms with E-state index in [0.29, 0.717) is 5.56 Å². The minimum atomic E-state index is -1.16. The van der Waals surface area contributed by atoms with Crippen molar-refractivity contribution < 1.29 is 19.5 Å². The largest absolute Gasteiger partial charge is 0.479 e. The molecule has 0 fully saturated rings. The zero-order valence-electron chi connectivity index (χ0n) is 10.7. The van der Waals surface area contributed by atoms with Crippen molar-refractivity contribution in [2.45, 2.75) is 25.9 Å². The predicted molar refractivity (Wildman–Crippen MR) is 68.2 cm³/mol. The fourth-order valence-corrected chi connectivity index (χ4v) is 1.57. The highest BCUT2D eigenvalue weighted by Gasteiger charge is 2.24. The van der Waals surface area contributed by atoms with E-state index in [1.54, 1.807) is 30.3 Å². The van der Waals surface area contributed by atoms with E-state index in [2.05, 4.69) is 10.6 Å².